The van der Waals surface area contributed by atoms with Gasteiger partial charge in [0.1, 0.15) is 28.7 Å². The Morgan fingerprint density at radius 1 is 1.07 bits per heavy atom. The number of pyridine rings is 1. The van der Waals surface area contributed by atoms with Gasteiger partial charge in [0.2, 0.25) is 0 Å². The summed E-state index contributed by atoms with van der Waals surface area (Å²) in [7, 11) is 1.82. The summed E-state index contributed by atoms with van der Waals surface area (Å²) in [6.07, 6.45) is 2.57. The molecule has 2 saturated heterocycles. The lowest BCUT2D eigenvalue weighted by atomic mass is 9.89. The topological polar surface area (TPSA) is 122 Å². The van der Waals surface area contributed by atoms with Crippen LogP contribution in [0.25, 0.3) is 16.8 Å². The highest BCUT2D eigenvalue weighted by Gasteiger charge is 2.38. The third-order valence-electron chi connectivity index (χ3n) is 7.80. The Morgan fingerprint density at radius 3 is 2.61 bits per heavy atom. The molecule has 2 aliphatic rings. The Hall–Kier alpha value is -4.68. The average Bonchev–Trinajstić information content (AvgIpc) is 3.36. The molecule has 2 unspecified atom stereocenters. The van der Waals surface area contributed by atoms with Crippen LogP contribution in [0.3, 0.4) is 0 Å². The van der Waals surface area contributed by atoms with Gasteiger partial charge >= 0.3 is 12.2 Å². The molecule has 0 bridgehead atoms. The number of rotatable bonds is 4. The number of nitrogen functional groups attached to an aromatic ring is 1. The Morgan fingerprint density at radius 2 is 1.85 bits per heavy atom. The predicted molar refractivity (Wildman–Crippen MR) is 145 cm³/mol. The second-order valence-corrected chi connectivity index (χ2v) is 10.4. The molecule has 0 radical (unpaired) electrons. The number of nitrogens with zero attached hydrogens (tertiary/aromatic N) is 6. The van der Waals surface area contributed by atoms with Crippen LogP contribution in [0.5, 0.6) is 0 Å². The smallest absolute Gasteiger partial charge is 0.382 e. The van der Waals surface area contributed by atoms with Gasteiger partial charge in [0.25, 0.3) is 5.91 Å². The summed E-state index contributed by atoms with van der Waals surface area (Å²) in [4.78, 5) is 42.3. The lowest BCUT2D eigenvalue weighted by molar-refractivity contribution is -0.137. The molecule has 6 rings (SSSR count). The van der Waals surface area contributed by atoms with E-state index in [0.29, 0.717) is 29.1 Å². The lowest BCUT2D eigenvalue weighted by Gasteiger charge is -2.45. The molecule has 1 aromatic carbocycles. The fourth-order valence-corrected chi connectivity index (χ4v) is 5.65. The van der Waals surface area contributed by atoms with Crippen LogP contribution in [0.1, 0.15) is 46.9 Å². The van der Waals surface area contributed by atoms with Gasteiger partial charge < -0.3 is 20.9 Å². The first-order valence-corrected chi connectivity index (χ1v) is 13.2. The van der Waals surface area contributed by atoms with Crippen LogP contribution in [0.2, 0.25) is 0 Å². The van der Waals surface area contributed by atoms with E-state index in [1.165, 1.54) is 0 Å². The Balaban J connectivity index is 1.28. The first kappa shape index (κ1) is 26.5. The van der Waals surface area contributed by atoms with Crippen molar-refractivity contribution >= 4 is 29.1 Å². The molecule has 3 aromatic heterocycles. The van der Waals surface area contributed by atoms with Crippen molar-refractivity contribution in [2.45, 2.75) is 37.4 Å². The van der Waals surface area contributed by atoms with Crippen LogP contribution < -0.4 is 11.1 Å². The molecule has 0 spiro atoms. The van der Waals surface area contributed by atoms with Gasteiger partial charge in [-0.15, -0.1) is 0 Å². The van der Waals surface area contributed by atoms with E-state index in [1.54, 1.807) is 41.6 Å². The molecule has 13 heteroatoms. The van der Waals surface area contributed by atoms with Crippen LogP contribution in [-0.4, -0.2) is 67.3 Å². The number of carbonyl (C=O) groups excluding carboxylic acids is 2. The quantitative estimate of drug-likeness (QED) is 0.372. The number of imidazole rings is 1. The molecule has 10 nitrogen and oxygen atoms in total. The van der Waals surface area contributed by atoms with E-state index < -0.39 is 17.6 Å². The van der Waals surface area contributed by atoms with Crippen molar-refractivity contribution in [2.24, 2.45) is 0 Å². The van der Waals surface area contributed by atoms with Crippen molar-refractivity contribution in [3.63, 3.8) is 0 Å². The van der Waals surface area contributed by atoms with Crippen molar-refractivity contribution in [1.82, 2.24) is 29.2 Å². The molecule has 2 atom stereocenters. The Kier molecular flexibility index (Phi) is 6.51. The van der Waals surface area contributed by atoms with Crippen molar-refractivity contribution < 1.29 is 22.8 Å². The van der Waals surface area contributed by atoms with Gasteiger partial charge in [0.05, 0.1) is 5.56 Å². The molecular formula is C28H27F3N8O2. The number of fused-ring (bicyclic) bond motifs is 2. The van der Waals surface area contributed by atoms with Gasteiger partial charge in [-0.2, -0.15) is 13.2 Å². The summed E-state index contributed by atoms with van der Waals surface area (Å²) >= 11 is 0. The minimum atomic E-state index is -4.55. The molecule has 41 heavy (non-hydrogen) atoms. The molecule has 212 valence electrons. The number of amides is 3. The van der Waals surface area contributed by atoms with Gasteiger partial charge in [-0.25, -0.2) is 19.7 Å². The highest BCUT2D eigenvalue weighted by Crippen LogP contribution is 2.37. The van der Waals surface area contributed by atoms with E-state index in [9.17, 15) is 22.8 Å². The highest BCUT2D eigenvalue weighted by atomic mass is 19.4. The van der Waals surface area contributed by atoms with Crippen LogP contribution in [0, 0.1) is 0 Å². The first-order valence-electron chi connectivity index (χ1n) is 13.2. The summed E-state index contributed by atoms with van der Waals surface area (Å²) in [5, 5.41) is 2.41. The number of urea groups is 1. The van der Waals surface area contributed by atoms with Gasteiger partial charge in [-0.1, -0.05) is 12.1 Å². The zero-order valence-corrected chi connectivity index (χ0v) is 22.1. The molecule has 3 N–H and O–H groups in total. The number of carbonyl (C=O) groups is 2. The standard InChI is InChI=1S/C28H27F3N8O2/c1-37-12-9-20-7-6-18(15-39(20)27(37)41)25-36-22(23-24(32)34-11-13-38(23)25)16-2-4-17(5-3-16)26(40)35-21-14-19(8-10-33-21)28(29,30)31/h2-5,8,10-11,13-14,18,20H,6-7,9,12,15H2,1H3,(H2,32,34)(H,33,35,40). The SMILES string of the molecule is CN1CCC2CCC(c3nc(-c4ccc(C(=O)Nc5cc(C(F)(F)F)ccn5)cc4)c4c(N)nccn34)CN2C1=O. The summed E-state index contributed by atoms with van der Waals surface area (Å²) in [6, 6.07) is 8.40. The number of alkyl halides is 3. The van der Waals surface area contributed by atoms with Crippen LogP contribution in [-0.2, 0) is 6.18 Å². The number of piperidine rings is 1. The molecule has 5 heterocycles. The zero-order valence-electron chi connectivity index (χ0n) is 22.1. The third kappa shape index (κ3) is 4.92. The molecular weight excluding hydrogens is 537 g/mol. The number of halogens is 3. The van der Waals surface area contributed by atoms with E-state index in [4.69, 9.17) is 10.7 Å². The minimum Gasteiger partial charge on any atom is -0.382 e. The fourth-order valence-electron chi connectivity index (χ4n) is 5.65. The largest absolute Gasteiger partial charge is 0.416 e. The third-order valence-corrected chi connectivity index (χ3v) is 7.80. The number of hydrogen-bond acceptors (Lipinski definition) is 6. The molecule has 0 aliphatic carbocycles. The maximum Gasteiger partial charge on any atom is 0.416 e. The Bertz CT molecular complexity index is 1640. The second kappa shape index (κ2) is 10.1. The normalized spacial score (nSPS) is 19.4. The summed E-state index contributed by atoms with van der Waals surface area (Å²) < 4.78 is 41.0. The van der Waals surface area contributed by atoms with Crippen LogP contribution in [0.15, 0.2) is 55.0 Å². The highest BCUT2D eigenvalue weighted by molar-refractivity contribution is 6.04. The number of nitrogens with two attached hydrogens (primary N) is 1. The first-order chi connectivity index (χ1) is 19.6. The van der Waals surface area contributed by atoms with Crippen molar-refractivity contribution in [3.8, 4) is 11.3 Å². The molecule has 4 aromatic rings. The van der Waals surface area contributed by atoms with Gasteiger partial charge in [-0.3, -0.25) is 9.20 Å². The second-order valence-electron chi connectivity index (χ2n) is 10.4. The summed E-state index contributed by atoms with van der Waals surface area (Å²) in [5.74, 6) is 0.260. The van der Waals surface area contributed by atoms with E-state index >= 15 is 0 Å². The van der Waals surface area contributed by atoms with E-state index in [2.05, 4.69) is 15.3 Å². The van der Waals surface area contributed by atoms with E-state index in [-0.39, 0.29) is 29.4 Å². The molecule has 2 fully saturated rings. The number of anilines is 2. The monoisotopic (exact) mass is 564 g/mol. The number of hydrogen-bond donors (Lipinski definition) is 2. The predicted octanol–water partition coefficient (Wildman–Crippen LogP) is 4.65. The van der Waals surface area contributed by atoms with Gasteiger partial charge in [0, 0.05) is 61.8 Å². The fraction of sp³-hybridized carbons (Fsp3) is 0.321. The van der Waals surface area contributed by atoms with Crippen molar-refractivity contribution in [2.75, 3.05) is 31.2 Å². The molecule has 0 saturated carbocycles. The number of benzene rings is 1. The van der Waals surface area contributed by atoms with Crippen LogP contribution in [0.4, 0.5) is 29.6 Å². The molecule has 3 amide bonds. The Labute approximate surface area is 233 Å². The average molecular weight is 565 g/mol. The van der Waals surface area contributed by atoms with E-state index in [0.717, 1.165) is 50.0 Å². The minimum absolute atomic E-state index is 0.00485. The lowest BCUT2D eigenvalue weighted by Crippen LogP contribution is -2.56. The van der Waals surface area contributed by atoms with Crippen molar-refractivity contribution in [1.29, 1.82) is 0 Å². The van der Waals surface area contributed by atoms with Gasteiger partial charge in [-0.05, 0) is 43.5 Å². The van der Waals surface area contributed by atoms with E-state index in [1.807, 2.05) is 16.3 Å². The molecule has 2 aliphatic heterocycles. The van der Waals surface area contributed by atoms with Crippen LogP contribution >= 0.6 is 0 Å². The maximum atomic E-state index is 13.0. The zero-order chi connectivity index (χ0) is 28.9. The number of nitrogens with one attached hydrogen (secondary N) is 1. The van der Waals surface area contributed by atoms with Gasteiger partial charge in [0.15, 0.2) is 0 Å². The summed E-state index contributed by atoms with van der Waals surface area (Å²) in [6.45, 7) is 1.31. The maximum absolute atomic E-state index is 13.0. The van der Waals surface area contributed by atoms with Crippen molar-refractivity contribution in [3.05, 3.63) is 71.9 Å². The summed E-state index contributed by atoms with van der Waals surface area (Å²) in [5.41, 5.74) is 7.51. The number of aromatic nitrogens is 4.